The van der Waals surface area contributed by atoms with Crippen LogP contribution in [0.2, 0.25) is 0 Å². The van der Waals surface area contributed by atoms with Crippen LogP contribution >= 0.6 is 0 Å². The fourth-order valence-electron chi connectivity index (χ4n) is 3.44. The molecule has 1 aromatic heterocycles. The fourth-order valence-corrected chi connectivity index (χ4v) is 3.44. The fraction of sp³-hybridized carbons (Fsp3) is 0.333. The summed E-state index contributed by atoms with van der Waals surface area (Å²) >= 11 is 0. The van der Waals surface area contributed by atoms with Gasteiger partial charge in [-0.25, -0.2) is 14.8 Å². The lowest BCUT2D eigenvalue weighted by atomic mass is 9.98. The van der Waals surface area contributed by atoms with Gasteiger partial charge in [-0.1, -0.05) is 43.3 Å². The highest BCUT2D eigenvalue weighted by Crippen LogP contribution is 2.26. The van der Waals surface area contributed by atoms with E-state index >= 15 is 0 Å². The van der Waals surface area contributed by atoms with Gasteiger partial charge in [0.15, 0.2) is 0 Å². The zero-order valence-corrected chi connectivity index (χ0v) is 20.5. The molecule has 0 saturated heterocycles. The lowest BCUT2D eigenvalue weighted by Gasteiger charge is -2.21. The Bertz CT molecular complexity index is 1200. The van der Waals surface area contributed by atoms with Crippen molar-refractivity contribution >= 4 is 17.7 Å². The summed E-state index contributed by atoms with van der Waals surface area (Å²) in [5.74, 6) is 0.444. The lowest BCUT2D eigenvalue weighted by molar-refractivity contribution is 0.0525. The number of amides is 1. The van der Waals surface area contributed by atoms with Crippen LogP contribution in [0.25, 0.3) is 11.3 Å². The first-order chi connectivity index (χ1) is 16.7. The summed E-state index contributed by atoms with van der Waals surface area (Å²) in [6.07, 6.45) is 1.62. The molecule has 1 unspecified atom stereocenters. The highest BCUT2D eigenvalue weighted by atomic mass is 16.6. The molecule has 3 N–H and O–H groups in total. The molecule has 0 saturated carbocycles. The maximum absolute atomic E-state index is 11.9. The van der Waals surface area contributed by atoms with Crippen molar-refractivity contribution in [2.24, 2.45) is 0 Å². The van der Waals surface area contributed by atoms with Gasteiger partial charge in [0, 0.05) is 24.4 Å². The van der Waals surface area contributed by atoms with Crippen molar-refractivity contribution in [2.45, 2.75) is 45.6 Å². The van der Waals surface area contributed by atoms with E-state index < -0.39 is 11.7 Å². The zero-order valence-electron chi connectivity index (χ0n) is 20.5. The molecule has 0 aliphatic rings. The van der Waals surface area contributed by atoms with E-state index in [0.29, 0.717) is 30.2 Å². The molecule has 3 rings (SSSR count). The van der Waals surface area contributed by atoms with Crippen LogP contribution in [-0.2, 0) is 11.2 Å². The molecule has 8 nitrogen and oxygen atoms in total. The van der Waals surface area contributed by atoms with E-state index in [0.717, 1.165) is 22.4 Å². The van der Waals surface area contributed by atoms with E-state index in [1.165, 1.54) is 6.20 Å². The Morgan fingerprint density at radius 2 is 1.94 bits per heavy atom. The quantitative estimate of drug-likeness (QED) is 0.425. The number of aromatic nitrogens is 2. The number of carbonyl (C=O) groups excluding carboxylic acids is 1. The highest BCUT2D eigenvalue weighted by Gasteiger charge is 2.17. The third kappa shape index (κ3) is 7.52. The first-order valence-corrected chi connectivity index (χ1v) is 11.5. The summed E-state index contributed by atoms with van der Waals surface area (Å²) < 4.78 is 5.29. The van der Waals surface area contributed by atoms with Crippen molar-refractivity contribution in [3.8, 4) is 17.3 Å². The van der Waals surface area contributed by atoms with Gasteiger partial charge in [-0.3, -0.25) is 0 Å². The van der Waals surface area contributed by atoms with Gasteiger partial charge in [0.1, 0.15) is 11.7 Å². The minimum absolute atomic E-state index is 0.0702. The standard InChI is InChI=1S/C27H31N5O3/c1-18(16-30-26(34)35-27(2,3)4)20-8-10-21(11-9-20)24-22(15-28)17-29-25(32-24)31-23-7-5-6-19(14-23)12-13-33/h5-11,14,17-18,33H,12-13,16H2,1-4H3,(H,30,34)(H,29,31,32). The van der Waals surface area contributed by atoms with Crippen LogP contribution in [-0.4, -0.2) is 39.9 Å². The van der Waals surface area contributed by atoms with Crippen molar-refractivity contribution in [1.29, 1.82) is 5.26 Å². The molecule has 0 aliphatic heterocycles. The number of alkyl carbamates (subject to hydrolysis) is 1. The Morgan fingerprint density at radius 3 is 2.60 bits per heavy atom. The number of nitrogens with zero attached hydrogens (tertiary/aromatic N) is 3. The van der Waals surface area contributed by atoms with Gasteiger partial charge in [0.05, 0.1) is 17.5 Å². The number of nitrogens with one attached hydrogen (secondary N) is 2. The van der Waals surface area contributed by atoms with Crippen LogP contribution in [0.1, 0.15) is 50.3 Å². The van der Waals surface area contributed by atoms with E-state index in [1.807, 2.05) is 76.2 Å². The number of anilines is 2. The summed E-state index contributed by atoms with van der Waals surface area (Å²) in [7, 11) is 0. The summed E-state index contributed by atoms with van der Waals surface area (Å²) in [4.78, 5) is 20.8. The van der Waals surface area contributed by atoms with Crippen molar-refractivity contribution in [2.75, 3.05) is 18.5 Å². The number of benzene rings is 2. The number of nitriles is 1. The number of carbonyl (C=O) groups is 1. The smallest absolute Gasteiger partial charge is 0.407 e. The van der Waals surface area contributed by atoms with Gasteiger partial charge in [-0.2, -0.15) is 5.26 Å². The zero-order chi connectivity index (χ0) is 25.4. The van der Waals surface area contributed by atoms with Crippen LogP contribution in [0.5, 0.6) is 0 Å². The van der Waals surface area contributed by atoms with Gasteiger partial charge in [-0.15, -0.1) is 0 Å². The molecule has 0 bridgehead atoms. The average molecular weight is 474 g/mol. The summed E-state index contributed by atoms with van der Waals surface area (Å²) in [5.41, 5.74) is 3.99. The number of aliphatic hydroxyl groups excluding tert-OH is 1. The molecule has 1 amide bonds. The van der Waals surface area contributed by atoms with Crippen LogP contribution in [0.4, 0.5) is 16.4 Å². The van der Waals surface area contributed by atoms with E-state index in [-0.39, 0.29) is 12.5 Å². The maximum Gasteiger partial charge on any atom is 0.407 e. The molecule has 1 atom stereocenters. The SMILES string of the molecule is CC(CNC(=O)OC(C)(C)C)c1ccc(-c2nc(Nc3cccc(CCO)c3)ncc2C#N)cc1. The maximum atomic E-state index is 11.9. The molecule has 0 fully saturated rings. The molecule has 1 heterocycles. The first-order valence-electron chi connectivity index (χ1n) is 11.5. The van der Waals surface area contributed by atoms with Crippen LogP contribution < -0.4 is 10.6 Å². The predicted octanol–water partition coefficient (Wildman–Crippen LogP) is 4.92. The second-order valence-electron chi connectivity index (χ2n) is 9.27. The van der Waals surface area contributed by atoms with Crippen molar-refractivity contribution in [3.05, 3.63) is 71.4 Å². The number of rotatable bonds is 8. The Hall–Kier alpha value is -3.96. The molecular weight excluding hydrogens is 442 g/mol. The van der Waals surface area contributed by atoms with Crippen LogP contribution in [0, 0.1) is 11.3 Å². The molecule has 2 aromatic carbocycles. The third-order valence-electron chi connectivity index (χ3n) is 5.20. The van der Waals surface area contributed by atoms with E-state index in [2.05, 4.69) is 26.7 Å². The summed E-state index contributed by atoms with van der Waals surface area (Å²) in [6.45, 7) is 8.01. The highest BCUT2D eigenvalue weighted by molar-refractivity contribution is 5.69. The molecule has 35 heavy (non-hydrogen) atoms. The molecule has 182 valence electrons. The minimum Gasteiger partial charge on any atom is -0.444 e. The van der Waals surface area contributed by atoms with Crippen molar-refractivity contribution < 1.29 is 14.6 Å². The Morgan fingerprint density at radius 1 is 1.20 bits per heavy atom. The summed E-state index contributed by atoms with van der Waals surface area (Å²) in [5, 5.41) is 24.7. The van der Waals surface area contributed by atoms with Gasteiger partial charge < -0.3 is 20.5 Å². The molecule has 3 aromatic rings. The molecule has 0 aliphatic carbocycles. The Kier molecular flexibility index (Phi) is 8.39. The van der Waals surface area contributed by atoms with E-state index in [9.17, 15) is 10.1 Å². The number of ether oxygens (including phenoxy) is 1. The number of hydrogen-bond acceptors (Lipinski definition) is 7. The second kappa shape index (κ2) is 11.4. The van der Waals surface area contributed by atoms with E-state index in [1.54, 1.807) is 0 Å². The minimum atomic E-state index is -0.541. The topological polar surface area (TPSA) is 120 Å². The van der Waals surface area contributed by atoms with E-state index in [4.69, 9.17) is 9.84 Å². The lowest BCUT2D eigenvalue weighted by Crippen LogP contribution is -2.34. The van der Waals surface area contributed by atoms with Gasteiger partial charge in [-0.05, 0) is 56.4 Å². The Labute approximate surface area is 206 Å². The van der Waals surface area contributed by atoms with Crippen LogP contribution in [0.15, 0.2) is 54.7 Å². The predicted molar refractivity (Wildman–Crippen MR) is 135 cm³/mol. The largest absolute Gasteiger partial charge is 0.444 e. The second-order valence-corrected chi connectivity index (χ2v) is 9.27. The molecule has 0 spiro atoms. The van der Waals surface area contributed by atoms with Crippen molar-refractivity contribution in [3.63, 3.8) is 0 Å². The van der Waals surface area contributed by atoms with Crippen molar-refractivity contribution in [1.82, 2.24) is 15.3 Å². The first kappa shape index (κ1) is 25.7. The third-order valence-corrected chi connectivity index (χ3v) is 5.20. The molecular formula is C27H31N5O3. The number of hydrogen-bond donors (Lipinski definition) is 3. The summed E-state index contributed by atoms with van der Waals surface area (Å²) in [6, 6.07) is 17.6. The average Bonchev–Trinajstić information content (AvgIpc) is 2.82. The normalized spacial score (nSPS) is 11.9. The number of aliphatic hydroxyl groups is 1. The van der Waals surface area contributed by atoms with Gasteiger partial charge in [0.25, 0.3) is 0 Å². The van der Waals surface area contributed by atoms with Crippen LogP contribution in [0.3, 0.4) is 0 Å². The van der Waals surface area contributed by atoms with Gasteiger partial charge >= 0.3 is 6.09 Å². The van der Waals surface area contributed by atoms with Gasteiger partial charge in [0.2, 0.25) is 5.95 Å². The Balaban J connectivity index is 1.74. The molecule has 0 radical (unpaired) electrons. The molecule has 8 heteroatoms. The monoisotopic (exact) mass is 473 g/mol.